The third kappa shape index (κ3) is 2.96. The predicted molar refractivity (Wildman–Crippen MR) is 79.6 cm³/mol. The van der Waals surface area contributed by atoms with Crippen LogP contribution in [0.2, 0.25) is 0 Å². The lowest BCUT2D eigenvalue weighted by Crippen LogP contribution is -2.16. The van der Waals surface area contributed by atoms with Crippen LogP contribution in [-0.2, 0) is 4.74 Å². The van der Waals surface area contributed by atoms with Crippen LogP contribution in [-0.4, -0.2) is 24.2 Å². The summed E-state index contributed by atoms with van der Waals surface area (Å²) in [6, 6.07) is 10.9. The van der Waals surface area contributed by atoms with E-state index < -0.39 is 0 Å². The number of hydrogen-bond acceptors (Lipinski definition) is 4. The number of nitrogens with one attached hydrogen (secondary N) is 1. The highest BCUT2D eigenvalue weighted by Gasteiger charge is 2.24. The number of nitrogens with zero attached hydrogens (tertiary/aromatic N) is 1. The van der Waals surface area contributed by atoms with Crippen LogP contribution >= 0.6 is 11.3 Å². The Labute approximate surface area is 117 Å². The Hall–Kier alpha value is -1.39. The number of benzene rings is 1. The van der Waals surface area contributed by atoms with Crippen molar-refractivity contribution >= 4 is 16.5 Å². The van der Waals surface area contributed by atoms with Crippen LogP contribution in [0.5, 0.6) is 0 Å². The molecule has 1 saturated carbocycles. The van der Waals surface area contributed by atoms with Gasteiger partial charge in [0, 0.05) is 19.3 Å². The van der Waals surface area contributed by atoms with Gasteiger partial charge in [0.25, 0.3) is 0 Å². The molecule has 100 valence electrons. The van der Waals surface area contributed by atoms with Crippen LogP contribution in [0, 0.1) is 0 Å². The van der Waals surface area contributed by atoms with Gasteiger partial charge in [0.1, 0.15) is 0 Å². The molecule has 4 heteroatoms. The SMILES string of the molecule is COC1CCC(Nc2ncc(-c3ccccc3)s2)C1. The maximum atomic E-state index is 5.40. The van der Waals surface area contributed by atoms with Gasteiger partial charge in [0.2, 0.25) is 0 Å². The van der Waals surface area contributed by atoms with Gasteiger partial charge in [-0.15, -0.1) is 0 Å². The van der Waals surface area contributed by atoms with Crippen molar-refractivity contribution < 1.29 is 4.74 Å². The van der Waals surface area contributed by atoms with Crippen molar-refractivity contribution in [3.05, 3.63) is 36.5 Å². The summed E-state index contributed by atoms with van der Waals surface area (Å²) in [5.41, 5.74) is 1.23. The maximum absolute atomic E-state index is 5.40. The van der Waals surface area contributed by atoms with Crippen molar-refractivity contribution in [1.82, 2.24) is 4.98 Å². The molecule has 0 spiro atoms. The lowest BCUT2D eigenvalue weighted by molar-refractivity contribution is 0.108. The molecule has 2 atom stereocenters. The fourth-order valence-corrected chi connectivity index (χ4v) is 3.44. The smallest absolute Gasteiger partial charge is 0.183 e. The van der Waals surface area contributed by atoms with Gasteiger partial charge < -0.3 is 10.1 Å². The van der Waals surface area contributed by atoms with Crippen molar-refractivity contribution in [3.8, 4) is 10.4 Å². The number of ether oxygens (including phenoxy) is 1. The highest BCUT2D eigenvalue weighted by Crippen LogP contribution is 2.31. The first-order chi connectivity index (χ1) is 9.35. The van der Waals surface area contributed by atoms with Gasteiger partial charge in [-0.05, 0) is 24.8 Å². The Balaban J connectivity index is 1.66. The van der Waals surface area contributed by atoms with E-state index in [1.807, 2.05) is 12.3 Å². The third-order valence-corrected chi connectivity index (χ3v) is 4.59. The molecule has 3 rings (SSSR count). The van der Waals surface area contributed by atoms with Gasteiger partial charge in [-0.2, -0.15) is 0 Å². The molecule has 1 aromatic carbocycles. The molecular formula is C15H18N2OS. The van der Waals surface area contributed by atoms with Crippen molar-refractivity contribution in [3.63, 3.8) is 0 Å². The summed E-state index contributed by atoms with van der Waals surface area (Å²) < 4.78 is 5.40. The van der Waals surface area contributed by atoms with Crippen LogP contribution in [0.25, 0.3) is 10.4 Å². The van der Waals surface area contributed by atoms with Crippen LogP contribution in [0.1, 0.15) is 19.3 Å². The number of rotatable bonds is 4. The fraction of sp³-hybridized carbons (Fsp3) is 0.400. The summed E-state index contributed by atoms with van der Waals surface area (Å²) >= 11 is 1.72. The first-order valence-electron chi connectivity index (χ1n) is 6.66. The second kappa shape index (κ2) is 5.72. The predicted octanol–water partition coefficient (Wildman–Crippen LogP) is 3.79. The number of anilines is 1. The molecule has 1 heterocycles. The van der Waals surface area contributed by atoms with Crippen LogP contribution in [0.3, 0.4) is 0 Å². The van der Waals surface area contributed by atoms with Gasteiger partial charge in [-0.25, -0.2) is 4.98 Å². The first-order valence-corrected chi connectivity index (χ1v) is 7.47. The molecule has 3 nitrogen and oxygen atoms in total. The van der Waals surface area contributed by atoms with Crippen molar-refractivity contribution in [2.45, 2.75) is 31.4 Å². The molecule has 0 saturated heterocycles. The van der Waals surface area contributed by atoms with Crippen molar-refractivity contribution in [1.29, 1.82) is 0 Å². The van der Waals surface area contributed by atoms with Gasteiger partial charge in [0.05, 0.1) is 11.0 Å². The Morgan fingerprint density at radius 2 is 2.11 bits per heavy atom. The second-order valence-electron chi connectivity index (χ2n) is 4.91. The zero-order valence-electron chi connectivity index (χ0n) is 11.0. The molecule has 1 aliphatic rings. The lowest BCUT2D eigenvalue weighted by Gasteiger charge is -2.11. The summed E-state index contributed by atoms with van der Waals surface area (Å²) in [4.78, 5) is 5.69. The molecule has 2 unspecified atom stereocenters. The summed E-state index contributed by atoms with van der Waals surface area (Å²) in [5, 5.41) is 4.54. The van der Waals surface area contributed by atoms with Gasteiger partial charge >= 0.3 is 0 Å². The molecule has 1 aromatic heterocycles. The number of hydrogen-bond donors (Lipinski definition) is 1. The minimum Gasteiger partial charge on any atom is -0.381 e. The van der Waals surface area contributed by atoms with Gasteiger partial charge in [0.15, 0.2) is 5.13 Å². The number of thiazole rings is 1. The minimum absolute atomic E-state index is 0.408. The van der Waals surface area contributed by atoms with Crippen LogP contribution < -0.4 is 5.32 Å². The maximum Gasteiger partial charge on any atom is 0.183 e. The molecule has 2 aromatic rings. The van der Waals surface area contributed by atoms with E-state index in [1.165, 1.54) is 16.9 Å². The first kappa shape index (κ1) is 12.6. The summed E-state index contributed by atoms with van der Waals surface area (Å²) in [6.07, 6.45) is 5.75. The molecule has 0 aliphatic heterocycles. The van der Waals surface area contributed by atoms with E-state index >= 15 is 0 Å². The largest absolute Gasteiger partial charge is 0.381 e. The zero-order chi connectivity index (χ0) is 13.1. The molecule has 19 heavy (non-hydrogen) atoms. The molecule has 0 radical (unpaired) electrons. The Bertz CT molecular complexity index is 526. The van der Waals surface area contributed by atoms with E-state index in [0.717, 1.165) is 18.0 Å². The topological polar surface area (TPSA) is 34.1 Å². The monoisotopic (exact) mass is 274 g/mol. The van der Waals surface area contributed by atoms with E-state index in [-0.39, 0.29) is 0 Å². The Kier molecular flexibility index (Phi) is 3.80. The summed E-state index contributed by atoms with van der Waals surface area (Å²) in [7, 11) is 1.80. The van der Waals surface area contributed by atoms with Gasteiger partial charge in [-0.3, -0.25) is 0 Å². The standard InChI is InChI=1S/C15H18N2OS/c1-18-13-8-7-12(9-13)17-15-16-10-14(19-15)11-5-3-2-4-6-11/h2-6,10,12-13H,7-9H2,1H3,(H,16,17). The van der Waals surface area contributed by atoms with Gasteiger partial charge in [-0.1, -0.05) is 41.7 Å². The second-order valence-corrected chi connectivity index (χ2v) is 5.94. The van der Waals surface area contributed by atoms with E-state index in [2.05, 4.69) is 34.6 Å². The molecule has 1 N–H and O–H groups in total. The summed E-state index contributed by atoms with van der Waals surface area (Å²) in [6.45, 7) is 0. The normalized spacial score (nSPS) is 22.6. The Morgan fingerprint density at radius 3 is 2.84 bits per heavy atom. The van der Waals surface area contributed by atoms with Crippen LogP contribution in [0.15, 0.2) is 36.5 Å². The highest BCUT2D eigenvalue weighted by molar-refractivity contribution is 7.18. The van der Waals surface area contributed by atoms with Crippen molar-refractivity contribution in [2.75, 3.05) is 12.4 Å². The molecule has 0 amide bonds. The minimum atomic E-state index is 0.408. The molecule has 0 bridgehead atoms. The van der Waals surface area contributed by atoms with E-state index in [9.17, 15) is 0 Å². The number of aromatic nitrogens is 1. The quantitative estimate of drug-likeness (QED) is 0.921. The zero-order valence-corrected chi connectivity index (χ0v) is 11.8. The van der Waals surface area contributed by atoms with Crippen LogP contribution in [0.4, 0.5) is 5.13 Å². The van der Waals surface area contributed by atoms with E-state index in [4.69, 9.17) is 4.74 Å². The highest BCUT2D eigenvalue weighted by atomic mass is 32.1. The fourth-order valence-electron chi connectivity index (χ4n) is 2.54. The molecule has 1 aliphatic carbocycles. The Morgan fingerprint density at radius 1 is 1.26 bits per heavy atom. The van der Waals surface area contributed by atoms with E-state index in [1.54, 1.807) is 18.4 Å². The lowest BCUT2D eigenvalue weighted by atomic mass is 10.2. The average molecular weight is 274 g/mol. The van der Waals surface area contributed by atoms with E-state index in [0.29, 0.717) is 12.1 Å². The molecular weight excluding hydrogens is 256 g/mol. The number of methoxy groups -OCH3 is 1. The summed E-state index contributed by atoms with van der Waals surface area (Å²) in [5.74, 6) is 0. The molecule has 1 fully saturated rings. The van der Waals surface area contributed by atoms with Crippen molar-refractivity contribution in [2.24, 2.45) is 0 Å². The third-order valence-electron chi connectivity index (χ3n) is 3.61. The average Bonchev–Trinajstić information content (AvgIpc) is 3.09.